The number of benzene rings is 1. The topological polar surface area (TPSA) is 45.1 Å². The summed E-state index contributed by atoms with van der Waals surface area (Å²) in [6.07, 6.45) is 2.65. The predicted octanol–water partition coefficient (Wildman–Crippen LogP) is 4.41. The number of rotatable bonds is 2. The highest BCUT2D eigenvalue weighted by molar-refractivity contribution is 6.29. The molecule has 1 aromatic heterocycles. The second-order valence-electron chi connectivity index (χ2n) is 5.43. The molecule has 2 atom stereocenters. The van der Waals surface area contributed by atoms with Crippen LogP contribution in [-0.4, -0.2) is 10.1 Å². The summed E-state index contributed by atoms with van der Waals surface area (Å²) in [5, 5.41) is 14.1. The van der Waals surface area contributed by atoms with Crippen LogP contribution in [0.15, 0.2) is 30.5 Å². The monoisotopic (exact) mass is 288 g/mol. The van der Waals surface area contributed by atoms with Gasteiger partial charge in [-0.1, -0.05) is 24.6 Å². The standard InChI is InChI=1S/C16H17ClN2O/c1-9-3-4-13(20)16-12(7-10(2)15(9)16)19-11-5-6-18-14(17)8-11/h3-6,8,10,12,20H,7H2,1-2H3,(H,18,19). The summed E-state index contributed by atoms with van der Waals surface area (Å²) >= 11 is 5.92. The zero-order valence-electron chi connectivity index (χ0n) is 11.5. The van der Waals surface area contributed by atoms with Gasteiger partial charge in [0.1, 0.15) is 10.9 Å². The van der Waals surface area contributed by atoms with E-state index in [0.717, 1.165) is 17.7 Å². The van der Waals surface area contributed by atoms with Crippen molar-refractivity contribution in [2.24, 2.45) is 0 Å². The number of halogens is 1. The molecule has 1 aliphatic carbocycles. The molecule has 0 spiro atoms. The van der Waals surface area contributed by atoms with Gasteiger partial charge in [0.2, 0.25) is 0 Å². The SMILES string of the molecule is Cc1ccc(O)c2c1C(C)CC2Nc1ccnc(Cl)c1. The quantitative estimate of drug-likeness (QED) is 0.805. The molecule has 1 aliphatic rings. The molecule has 2 N–H and O–H groups in total. The highest BCUT2D eigenvalue weighted by Crippen LogP contribution is 2.47. The lowest BCUT2D eigenvalue weighted by molar-refractivity contribution is 0.465. The van der Waals surface area contributed by atoms with Gasteiger partial charge in [-0.15, -0.1) is 0 Å². The van der Waals surface area contributed by atoms with Crippen LogP contribution in [0.25, 0.3) is 0 Å². The van der Waals surface area contributed by atoms with E-state index in [1.807, 2.05) is 12.1 Å². The number of nitrogens with zero attached hydrogens (tertiary/aromatic N) is 1. The third-order valence-electron chi connectivity index (χ3n) is 3.98. The fraction of sp³-hybridized carbons (Fsp3) is 0.312. The third kappa shape index (κ3) is 2.22. The number of phenols is 1. The van der Waals surface area contributed by atoms with Crippen molar-refractivity contribution in [3.8, 4) is 5.75 Å². The van der Waals surface area contributed by atoms with Crippen molar-refractivity contribution < 1.29 is 5.11 Å². The van der Waals surface area contributed by atoms with Gasteiger partial charge in [-0.2, -0.15) is 0 Å². The highest BCUT2D eigenvalue weighted by Gasteiger charge is 2.32. The lowest BCUT2D eigenvalue weighted by Crippen LogP contribution is -2.07. The number of nitrogens with one attached hydrogen (secondary N) is 1. The summed E-state index contributed by atoms with van der Waals surface area (Å²) in [5.41, 5.74) is 4.45. The summed E-state index contributed by atoms with van der Waals surface area (Å²) < 4.78 is 0. The molecule has 2 unspecified atom stereocenters. The number of aryl methyl sites for hydroxylation is 1. The average Bonchev–Trinajstić information content (AvgIpc) is 2.72. The summed E-state index contributed by atoms with van der Waals surface area (Å²) in [7, 11) is 0. The van der Waals surface area contributed by atoms with Crippen LogP contribution in [0.1, 0.15) is 42.0 Å². The van der Waals surface area contributed by atoms with E-state index in [-0.39, 0.29) is 6.04 Å². The molecule has 0 bridgehead atoms. The molecule has 0 radical (unpaired) electrons. The largest absolute Gasteiger partial charge is 0.508 e. The van der Waals surface area contributed by atoms with Crippen LogP contribution in [0.4, 0.5) is 5.69 Å². The van der Waals surface area contributed by atoms with Crippen molar-refractivity contribution in [3.63, 3.8) is 0 Å². The minimum Gasteiger partial charge on any atom is -0.508 e. The fourth-order valence-electron chi connectivity index (χ4n) is 3.17. The number of pyridine rings is 1. The van der Waals surface area contributed by atoms with Crippen molar-refractivity contribution in [2.75, 3.05) is 5.32 Å². The van der Waals surface area contributed by atoms with Gasteiger partial charge >= 0.3 is 0 Å². The molecule has 104 valence electrons. The van der Waals surface area contributed by atoms with E-state index in [0.29, 0.717) is 16.8 Å². The Hall–Kier alpha value is -1.74. The van der Waals surface area contributed by atoms with Crippen LogP contribution in [0.5, 0.6) is 5.75 Å². The minimum absolute atomic E-state index is 0.110. The molecule has 0 saturated carbocycles. The minimum atomic E-state index is 0.110. The van der Waals surface area contributed by atoms with Crippen molar-refractivity contribution >= 4 is 17.3 Å². The molecule has 3 rings (SSSR count). The first kappa shape index (κ1) is 13.3. The Labute approximate surface area is 123 Å². The Morgan fingerprint density at radius 3 is 2.85 bits per heavy atom. The van der Waals surface area contributed by atoms with E-state index in [1.165, 1.54) is 11.1 Å². The maximum absolute atomic E-state index is 10.2. The zero-order chi connectivity index (χ0) is 14.3. The first-order chi connectivity index (χ1) is 9.56. The second kappa shape index (κ2) is 4.98. The van der Waals surface area contributed by atoms with Crippen LogP contribution in [-0.2, 0) is 0 Å². The number of anilines is 1. The van der Waals surface area contributed by atoms with E-state index < -0.39 is 0 Å². The molecule has 3 nitrogen and oxygen atoms in total. The third-order valence-corrected chi connectivity index (χ3v) is 4.19. The van der Waals surface area contributed by atoms with Crippen molar-refractivity contribution in [3.05, 3.63) is 52.3 Å². The van der Waals surface area contributed by atoms with Crippen LogP contribution in [0, 0.1) is 6.92 Å². The Morgan fingerprint density at radius 1 is 1.30 bits per heavy atom. The fourth-order valence-corrected chi connectivity index (χ4v) is 3.34. The maximum Gasteiger partial charge on any atom is 0.131 e. The maximum atomic E-state index is 10.2. The molecule has 1 heterocycles. The number of aromatic hydroxyl groups is 1. The Bertz CT molecular complexity index is 657. The molecule has 1 aromatic carbocycles. The predicted molar refractivity (Wildman–Crippen MR) is 81.5 cm³/mol. The molecule has 4 heteroatoms. The van der Waals surface area contributed by atoms with E-state index in [2.05, 4.69) is 24.1 Å². The smallest absolute Gasteiger partial charge is 0.131 e. The summed E-state index contributed by atoms with van der Waals surface area (Å²) in [4.78, 5) is 3.98. The van der Waals surface area contributed by atoms with Gasteiger partial charge in [-0.25, -0.2) is 4.98 Å². The second-order valence-corrected chi connectivity index (χ2v) is 5.82. The normalized spacial score (nSPS) is 20.8. The summed E-state index contributed by atoms with van der Waals surface area (Å²) in [6, 6.07) is 7.56. The average molecular weight is 289 g/mol. The Balaban J connectivity index is 1.97. The van der Waals surface area contributed by atoms with Crippen molar-refractivity contribution in [2.45, 2.75) is 32.2 Å². The van der Waals surface area contributed by atoms with Crippen LogP contribution in [0.2, 0.25) is 5.15 Å². The lowest BCUT2D eigenvalue weighted by Gasteiger charge is -2.17. The van der Waals surface area contributed by atoms with Gasteiger partial charge in [-0.05, 0) is 48.6 Å². The summed E-state index contributed by atoms with van der Waals surface area (Å²) in [6.45, 7) is 4.30. The van der Waals surface area contributed by atoms with E-state index in [4.69, 9.17) is 11.6 Å². The van der Waals surface area contributed by atoms with Crippen LogP contribution < -0.4 is 5.32 Å². The van der Waals surface area contributed by atoms with Gasteiger partial charge in [0.05, 0.1) is 6.04 Å². The van der Waals surface area contributed by atoms with Crippen LogP contribution >= 0.6 is 11.6 Å². The Kier molecular flexibility index (Phi) is 3.30. The number of hydrogen-bond donors (Lipinski definition) is 2. The van der Waals surface area contributed by atoms with Gasteiger partial charge in [-0.3, -0.25) is 0 Å². The molecule has 0 saturated heterocycles. The first-order valence-corrected chi connectivity index (χ1v) is 7.14. The van der Waals surface area contributed by atoms with Gasteiger partial charge < -0.3 is 10.4 Å². The van der Waals surface area contributed by atoms with Crippen molar-refractivity contribution in [1.82, 2.24) is 4.98 Å². The molecule has 0 aliphatic heterocycles. The molecule has 0 amide bonds. The van der Waals surface area contributed by atoms with Gasteiger partial charge in [0.15, 0.2) is 0 Å². The zero-order valence-corrected chi connectivity index (χ0v) is 12.3. The molecule has 20 heavy (non-hydrogen) atoms. The van der Waals surface area contributed by atoms with Gasteiger partial charge in [0.25, 0.3) is 0 Å². The molecule has 2 aromatic rings. The first-order valence-electron chi connectivity index (χ1n) is 6.76. The highest BCUT2D eigenvalue weighted by atomic mass is 35.5. The number of aromatic nitrogens is 1. The van der Waals surface area contributed by atoms with Crippen molar-refractivity contribution in [1.29, 1.82) is 0 Å². The lowest BCUT2D eigenvalue weighted by atomic mass is 9.97. The molecular formula is C16H17ClN2O. The van der Waals surface area contributed by atoms with Gasteiger partial charge in [0, 0.05) is 17.4 Å². The molecular weight excluding hydrogens is 272 g/mol. The number of phenolic OH excluding ortho intramolecular Hbond substituents is 1. The number of hydrogen-bond acceptors (Lipinski definition) is 3. The Morgan fingerprint density at radius 2 is 2.10 bits per heavy atom. The van der Waals surface area contributed by atoms with E-state index >= 15 is 0 Å². The molecule has 0 fully saturated rings. The van der Waals surface area contributed by atoms with Crippen LogP contribution in [0.3, 0.4) is 0 Å². The number of fused-ring (bicyclic) bond motifs is 1. The van der Waals surface area contributed by atoms with E-state index in [1.54, 1.807) is 18.3 Å². The summed E-state index contributed by atoms with van der Waals surface area (Å²) in [5.74, 6) is 0.805. The van der Waals surface area contributed by atoms with E-state index in [9.17, 15) is 5.11 Å².